The Balaban J connectivity index is 1.23. The number of hydrogen-bond acceptors (Lipinski definition) is 7. The Morgan fingerprint density at radius 2 is 1.79 bits per heavy atom. The minimum Gasteiger partial charge on any atom is -0.475 e. The number of ether oxygens (including phenoxy) is 2. The summed E-state index contributed by atoms with van der Waals surface area (Å²) >= 11 is 0. The van der Waals surface area contributed by atoms with Gasteiger partial charge in [-0.15, -0.1) is 0 Å². The maximum absolute atomic E-state index is 14.4. The molecule has 6 rings (SSSR count). The molecule has 3 amide bonds. The summed E-state index contributed by atoms with van der Waals surface area (Å²) in [5, 5.41) is 2.99. The van der Waals surface area contributed by atoms with E-state index in [-0.39, 0.29) is 74.6 Å². The monoisotopic (exact) mass is 601 g/mol. The van der Waals surface area contributed by atoms with Crippen molar-refractivity contribution in [3.8, 4) is 5.88 Å². The van der Waals surface area contributed by atoms with Crippen LogP contribution in [-0.4, -0.2) is 113 Å². The lowest BCUT2D eigenvalue weighted by molar-refractivity contribution is -0.143. The van der Waals surface area contributed by atoms with E-state index in [9.17, 15) is 27.6 Å². The summed E-state index contributed by atoms with van der Waals surface area (Å²) in [6.45, 7) is 0.915. The molecule has 43 heavy (non-hydrogen) atoms. The van der Waals surface area contributed by atoms with Gasteiger partial charge in [0.2, 0.25) is 17.7 Å². The molecule has 3 atom stereocenters. The lowest BCUT2D eigenvalue weighted by Gasteiger charge is -2.41. The van der Waals surface area contributed by atoms with Gasteiger partial charge in [-0.05, 0) is 37.1 Å². The van der Waals surface area contributed by atoms with E-state index in [1.807, 2.05) is 0 Å². The third-order valence-corrected chi connectivity index (χ3v) is 8.86. The van der Waals surface area contributed by atoms with E-state index in [0.29, 0.717) is 25.9 Å². The van der Waals surface area contributed by atoms with Gasteiger partial charge in [0.1, 0.15) is 24.6 Å². The molecule has 4 aliphatic rings. The summed E-state index contributed by atoms with van der Waals surface area (Å²) in [7, 11) is 0. The number of nitrogens with zero attached hydrogens (tertiary/aromatic N) is 4. The zero-order valence-electron chi connectivity index (χ0n) is 23.6. The molecule has 2 saturated heterocycles. The predicted molar refractivity (Wildman–Crippen MR) is 147 cm³/mol. The number of piperazine rings is 1. The van der Waals surface area contributed by atoms with E-state index in [0.717, 1.165) is 0 Å². The molecule has 1 N–H and O–H groups in total. The third kappa shape index (κ3) is 6.32. The first kappa shape index (κ1) is 29.4. The van der Waals surface area contributed by atoms with E-state index in [1.165, 1.54) is 29.3 Å². The second-order valence-corrected chi connectivity index (χ2v) is 11.6. The van der Waals surface area contributed by atoms with Gasteiger partial charge in [-0.1, -0.05) is 12.1 Å². The van der Waals surface area contributed by atoms with Crippen LogP contribution in [-0.2, 0) is 9.53 Å². The molecule has 3 aliphatic heterocycles. The van der Waals surface area contributed by atoms with Crippen LogP contribution in [0, 0.1) is 5.82 Å². The maximum atomic E-state index is 14.4. The minimum absolute atomic E-state index is 0.0571. The summed E-state index contributed by atoms with van der Waals surface area (Å²) in [5.74, 6) is -4.44. The van der Waals surface area contributed by atoms with Gasteiger partial charge in [0, 0.05) is 57.8 Å². The van der Waals surface area contributed by atoms with Gasteiger partial charge < -0.3 is 24.6 Å². The molecular formula is C30H34F3N5O5. The quantitative estimate of drug-likeness (QED) is 0.564. The number of nitrogens with one attached hydrogen (secondary N) is 1. The van der Waals surface area contributed by atoms with Crippen molar-refractivity contribution in [2.24, 2.45) is 0 Å². The predicted octanol–water partition coefficient (Wildman–Crippen LogP) is 2.34. The summed E-state index contributed by atoms with van der Waals surface area (Å²) in [4.78, 5) is 49.5. The molecule has 0 bridgehead atoms. The Labute approximate surface area is 247 Å². The number of alkyl halides is 2. The maximum Gasteiger partial charge on any atom is 0.257 e. The highest BCUT2D eigenvalue weighted by Crippen LogP contribution is 2.36. The lowest BCUT2D eigenvalue weighted by atomic mass is 9.91. The molecule has 1 saturated carbocycles. The molecule has 13 heteroatoms. The lowest BCUT2D eigenvalue weighted by Crippen LogP contribution is -2.59. The van der Waals surface area contributed by atoms with Crippen molar-refractivity contribution in [3.05, 3.63) is 59.5 Å². The van der Waals surface area contributed by atoms with Crippen LogP contribution in [0.15, 0.2) is 42.6 Å². The zero-order chi connectivity index (χ0) is 30.1. The molecule has 4 heterocycles. The fourth-order valence-electron chi connectivity index (χ4n) is 6.48. The van der Waals surface area contributed by atoms with Gasteiger partial charge in [-0.3, -0.25) is 19.3 Å². The van der Waals surface area contributed by atoms with Gasteiger partial charge in [-0.25, -0.2) is 18.2 Å². The van der Waals surface area contributed by atoms with Crippen LogP contribution in [0.4, 0.5) is 13.2 Å². The summed E-state index contributed by atoms with van der Waals surface area (Å²) in [6, 6.07) is 7.77. The fourth-order valence-corrected chi connectivity index (χ4v) is 6.48. The van der Waals surface area contributed by atoms with Crippen LogP contribution >= 0.6 is 0 Å². The van der Waals surface area contributed by atoms with Gasteiger partial charge in [-0.2, -0.15) is 0 Å². The van der Waals surface area contributed by atoms with Gasteiger partial charge >= 0.3 is 0 Å². The summed E-state index contributed by atoms with van der Waals surface area (Å²) in [6.07, 6.45) is 1.27. The van der Waals surface area contributed by atoms with Crippen molar-refractivity contribution < 1.29 is 37.0 Å². The molecule has 0 unspecified atom stereocenters. The Morgan fingerprint density at radius 1 is 1.00 bits per heavy atom. The smallest absolute Gasteiger partial charge is 0.257 e. The number of carbonyl (C=O) groups is 3. The first-order chi connectivity index (χ1) is 20.7. The number of fused-ring (bicyclic) bond motifs is 3. The van der Waals surface area contributed by atoms with Gasteiger partial charge in [0.15, 0.2) is 0 Å². The van der Waals surface area contributed by atoms with Crippen LogP contribution in [0.1, 0.15) is 46.4 Å². The van der Waals surface area contributed by atoms with E-state index in [4.69, 9.17) is 9.47 Å². The number of pyridine rings is 1. The molecule has 3 fully saturated rings. The number of benzene rings is 1. The van der Waals surface area contributed by atoms with E-state index in [1.54, 1.807) is 23.1 Å². The van der Waals surface area contributed by atoms with E-state index < -0.39 is 41.7 Å². The summed E-state index contributed by atoms with van der Waals surface area (Å²) < 4.78 is 54.1. The number of amides is 3. The Morgan fingerprint density at radius 3 is 2.58 bits per heavy atom. The van der Waals surface area contributed by atoms with Crippen molar-refractivity contribution >= 4 is 17.7 Å². The minimum atomic E-state index is -2.66. The number of aromatic nitrogens is 1. The van der Waals surface area contributed by atoms with Gasteiger partial charge in [0.05, 0.1) is 23.8 Å². The van der Waals surface area contributed by atoms with Crippen LogP contribution in [0.3, 0.4) is 0 Å². The van der Waals surface area contributed by atoms with E-state index in [2.05, 4.69) is 15.2 Å². The standard InChI is InChI=1S/C30H34F3N5O5/c31-23-6-2-1-4-21(23)29(41)36-12-13-38-20(14-36)17-43-28-22(5-3-11-34-28)27(40)35-24-15-37(16-25(24)42-18-26(38)39)19-7-9-30(32,33)10-8-19/h1-6,11,19-20,24-25H,7-10,12-18H2,(H,35,40)/t20-,24+,25-/m0/s1. The second-order valence-electron chi connectivity index (χ2n) is 11.6. The molecular weight excluding hydrogens is 567 g/mol. The Bertz CT molecular complexity index is 1370. The van der Waals surface area contributed by atoms with Crippen LogP contribution < -0.4 is 10.1 Å². The van der Waals surface area contributed by atoms with Crippen molar-refractivity contribution in [2.75, 3.05) is 45.9 Å². The molecule has 1 aromatic carbocycles. The molecule has 1 aliphatic carbocycles. The van der Waals surface area contributed by atoms with Crippen molar-refractivity contribution in [1.82, 2.24) is 25.0 Å². The average Bonchev–Trinajstić information content (AvgIpc) is 3.40. The van der Waals surface area contributed by atoms with Crippen molar-refractivity contribution in [3.63, 3.8) is 0 Å². The fraction of sp³-hybridized carbons (Fsp3) is 0.533. The Hall–Kier alpha value is -3.71. The van der Waals surface area contributed by atoms with Gasteiger partial charge in [0.25, 0.3) is 11.8 Å². The summed E-state index contributed by atoms with van der Waals surface area (Å²) in [5.41, 5.74) is 0.141. The second kappa shape index (κ2) is 12.1. The first-order valence-electron chi connectivity index (χ1n) is 14.6. The first-order valence-corrected chi connectivity index (χ1v) is 14.6. The number of hydrogen-bond donors (Lipinski definition) is 1. The van der Waals surface area contributed by atoms with E-state index >= 15 is 0 Å². The molecule has 10 nitrogen and oxygen atoms in total. The Kier molecular flexibility index (Phi) is 8.27. The van der Waals surface area contributed by atoms with Crippen molar-refractivity contribution in [2.45, 2.75) is 55.8 Å². The largest absolute Gasteiger partial charge is 0.475 e. The zero-order valence-corrected chi connectivity index (χ0v) is 23.6. The van der Waals surface area contributed by atoms with Crippen LogP contribution in [0.5, 0.6) is 5.88 Å². The molecule has 0 radical (unpaired) electrons. The number of likely N-dealkylation sites (tertiary alicyclic amines) is 1. The number of rotatable bonds is 2. The number of halogens is 3. The molecule has 2 aromatic rings. The average molecular weight is 602 g/mol. The third-order valence-electron chi connectivity index (χ3n) is 8.86. The van der Waals surface area contributed by atoms with Crippen molar-refractivity contribution in [1.29, 1.82) is 0 Å². The number of carbonyl (C=O) groups excluding carboxylic acids is 3. The molecule has 1 aromatic heterocycles. The topological polar surface area (TPSA) is 104 Å². The van der Waals surface area contributed by atoms with Crippen LogP contribution in [0.25, 0.3) is 0 Å². The normalized spacial score (nSPS) is 27.0. The highest BCUT2D eigenvalue weighted by atomic mass is 19.3. The highest BCUT2D eigenvalue weighted by Gasteiger charge is 2.43. The van der Waals surface area contributed by atoms with Crippen LogP contribution in [0.2, 0.25) is 0 Å². The molecule has 0 spiro atoms. The highest BCUT2D eigenvalue weighted by molar-refractivity contribution is 5.96. The molecule has 230 valence electrons. The SMILES string of the molecule is O=C1N[C@@H]2CN(C3CCC(F)(F)CC3)C[C@@H]2OCC(=O)N2CCN(C(=O)c3ccccc3F)C[C@H]2COc2ncccc21.